The van der Waals surface area contributed by atoms with E-state index in [0.717, 1.165) is 77.0 Å². The predicted molar refractivity (Wildman–Crippen MR) is 411 cm³/mol. The molecule has 0 saturated heterocycles. The summed E-state index contributed by atoms with van der Waals surface area (Å²) in [5.41, 5.74) is 0. The van der Waals surface area contributed by atoms with E-state index in [4.69, 9.17) is 18.5 Å². The van der Waals surface area contributed by atoms with Crippen molar-refractivity contribution in [3.63, 3.8) is 0 Å². The smallest absolute Gasteiger partial charge is 0.306 e. The molecule has 556 valence electrons. The third kappa shape index (κ3) is 80.3. The lowest BCUT2D eigenvalue weighted by molar-refractivity contribution is -0.870. The van der Waals surface area contributed by atoms with Gasteiger partial charge >= 0.3 is 11.9 Å². The van der Waals surface area contributed by atoms with Crippen molar-refractivity contribution in [3.05, 3.63) is 72.9 Å². The maximum Gasteiger partial charge on any atom is 0.306 e. The quantitative estimate of drug-likeness (QED) is 0.0195. The average molecular weight is 1350 g/mol. The summed E-state index contributed by atoms with van der Waals surface area (Å²) in [6, 6.07) is 0. The molecule has 0 bridgehead atoms. The number of likely N-dealkylation sites (N-methyl/N-ethyl adjacent to an activating group) is 1. The first-order valence-corrected chi connectivity index (χ1v) is 42.6. The van der Waals surface area contributed by atoms with E-state index in [1.54, 1.807) is 0 Å². The van der Waals surface area contributed by atoms with Gasteiger partial charge in [-0.3, -0.25) is 14.2 Å². The Morgan fingerprint density at radius 1 is 0.337 bits per heavy atom. The van der Waals surface area contributed by atoms with Crippen LogP contribution in [0.1, 0.15) is 406 Å². The van der Waals surface area contributed by atoms with Crippen molar-refractivity contribution in [1.29, 1.82) is 0 Å². The van der Waals surface area contributed by atoms with Crippen LogP contribution in [0.2, 0.25) is 0 Å². The highest BCUT2D eigenvalue weighted by Gasteiger charge is 2.22. The minimum Gasteiger partial charge on any atom is -0.756 e. The van der Waals surface area contributed by atoms with Crippen LogP contribution in [0.25, 0.3) is 0 Å². The average Bonchev–Trinajstić information content (AvgIpc) is 2.29. The second kappa shape index (κ2) is 75.6. The van der Waals surface area contributed by atoms with Gasteiger partial charge in [0.1, 0.15) is 19.8 Å². The molecule has 2 atom stereocenters. The van der Waals surface area contributed by atoms with Crippen molar-refractivity contribution in [2.24, 2.45) is 0 Å². The van der Waals surface area contributed by atoms with Crippen molar-refractivity contribution >= 4 is 19.8 Å². The Bertz CT molecular complexity index is 1830. The summed E-state index contributed by atoms with van der Waals surface area (Å²) in [4.78, 5) is 38.2. The third-order valence-electron chi connectivity index (χ3n) is 18.5. The number of hydrogen-bond acceptors (Lipinski definition) is 8. The number of allylic oxidation sites excluding steroid dienone is 12. The van der Waals surface area contributed by atoms with Crippen LogP contribution in [0.3, 0.4) is 0 Å². The first-order chi connectivity index (χ1) is 46.5. The molecule has 0 heterocycles. The Morgan fingerprint density at radius 3 is 0.895 bits per heavy atom. The molecule has 0 amide bonds. The molecule has 95 heavy (non-hydrogen) atoms. The van der Waals surface area contributed by atoms with E-state index in [-0.39, 0.29) is 32.0 Å². The lowest BCUT2D eigenvalue weighted by Gasteiger charge is -2.28. The summed E-state index contributed by atoms with van der Waals surface area (Å²) >= 11 is 0. The predicted octanol–water partition coefficient (Wildman–Crippen LogP) is 26.8. The van der Waals surface area contributed by atoms with Crippen LogP contribution in [-0.2, 0) is 32.7 Å². The van der Waals surface area contributed by atoms with Gasteiger partial charge in [0.25, 0.3) is 7.82 Å². The Hall–Kier alpha value is -2.55. The molecule has 0 saturated carbocycles. The molecule has 2 unspecified atom stereocenters. The third-order valence-corrected chi connectivity index (χ3v) is 19.5. The zero-order valence-corrected chi connectivity index (χ0v) is 64.5. The van der Waals surface area contributed by atoms with Gasteiger partial charge in [0.2, 0.25) is 0 Å². The number of carbonyl (C=O) groups excluding carboxylic acids is 2. The van der Waals surface area contributed by atoms with Crippen molar-refractivity contribution in [2.45, 2.75) is 412 Å². The zero-order chi connectivity index (χ0) is 69.0. The highest BCUT2D eigenvalue weighted by molar-refractivity contribution is 7.45. The van der Waals surface area contributed by atoms with E-state index < -0.39 is 26.5 Å². The van der Waals surface area contributed by atoms with Gasteiger partial charge in [-0.1, -0.05) is 401 Å². The standard InChI is InChI=1S/C85H158NO8P/c1-6-8-10-12-14-16-18-20-22-24-26-28-30-32-34-36-38-39-40-41-42-43-44-45-46-48-49-51-53-55-57-59-61-63-65-67-69-71-73-75-77-84(87)91-81-83(82-93-95(89,90)92-80-79-86(3,4)5)94-85(88)78-76-74-72-70-68-66-64-62-60-58-56-54-52-50-47-37-35-33-31-29-27-25-23-21-19-17-15-13-11-9-7-2/h9,11,15,17,21,23,27,29,33,35,47,50,83H,6-8,10,12-14,16,18-20,22,24-26,28,30-32,34,36-46,48-49,51-82H2,1-5H3/b11-9-,17-15-,23-21-,29-27-,35-33-,50-47-. The fourth-order valence-electron chi connectivity index (χ4n) is 12.3. The van der Waals surface area contributed by atoms with Crippen molar-refractivity contribution in [3.8, 4) is 0 Å². The second-order valence-corrected chi connectivity index (χ2v) is 30.5. The molecule has 0 spiro atoms. The number of rotatable bonds is 77. The van der Waals surface area contributed by atoms with Crippen molar-refractivity contribution < 1.29 is 42.1 Å². The molecule has 0 radical (unpaired) electrons. The minimum atomic E-state index is -4.65. The number of phosphoric acid groups is 1. The highest BCUT2D eigenvalue weighted by Crippen LogP contribution is 2.38. The topological polar surface area (TPSA) is 111 Å². The SMILES string of the molecule is CC/C=C\C/C=C\C/C=C\C/C=C\C/C=C\C/C=C\CCCCCCCCCCCCCCC(=O)OC(COC(=O)CCCCCCCCCCCCCCCCCCCCCCCCCCCCCCCCCCCCCCCCCC)COP(=O)([O-])OCC[N+](C)(C)C. The number of nitrogens with zero attached hydrogens (tertiary/aromatic N) is 1. The largest absolute Gasteiger partial charge is 0.756 e. The van der Waals surface area contributed by atoms with E-state index in [1.165, 1.54) is 295 Å². The summed E-state index contributed by atoms with van der Waals surface area (Å²) in [7, 11) is 1.18. The van der Waals surface area contributed by atoms with Crippen LogP contribution < -0.4 is 4.89 Å². The highest BCUT2D eigenvalue weighted by atomic mass is 31.2. The number of ether oxygens (including phenoxy) is 2. The summed E-state index contributed by atoms with van der Waals surface area (Å²) in [5, 5.41) is 0. The number of esters is 2. The maximum atomic E-state index is 12.9. The van der Waals surface area contributed by atoms with E-state index in [2.05, 4.69) is 86.8 Å². The van der Waals surface area contributed by atoms with Crippen LogP contribution in [0.4, 0.5) is 0 Å². The van der Waals surface area contributed by atoms with E-state index in [9.17, 15) is 19.0 Å². The van der Waals surface area contributed by atoms with E-state index in [1.807, 2.05) is 21.1 Å². The fraction of sp³-hybridized carbons (Fsp3) is 0.835. The monoisotopic (exact) mass is 1350 g/mol. The fourth-order valence-corrected chi connectivity index (χ4v) is 13.0. The van der Waals surface area contributed by atoms with Gasteiger partial charge in [-0.05, 0) is 64.2 Å². The van der Waals surface area contributed by atoms with Crippen LogP contribution in [0.15, 0.2) is 72.9 Å². The molecule has 0 aromatic rings. The van der Waals surface area contributed by atoms with E-state index in [0.29, 0.717) is 17.4 Å². The molecule has 0 aromatic carbocycles. The molecule has 9 nitrogen and oxygen atoms in total. The van der Waals surface area contributed by atoms with Crippen molar-refractivity contribution in [2.75, 3.05) is 47.5 Å². The van der Waals surface area contributed by atoms with Crippen LogP contribution in [0.5, 0.6) is 0 Å². The summed E-state index contributed by atoms with van der Waals surface area (Å²) in [6.07, 6.45) is 103. The van der Waals surface area contributed by atoms with Gasteiger partial charge in [-0.2, -0.15) is 0 Å². The number of carbonyl (C=O) groups is 2. The molecule has 0 aliphatic heterocycles. The molecule has 0 aliphatic rings. The first-order valence-electron chi connectivity index (χ1n) is 41.1. The molecular formula is C85H158NO8P. The van der Waals surface area contributed by atoms with Gasteiger partial charge in [0, 0.05) is 12.8 Å². The Balaban J connectivity index is 3.90. The molecule has 0 aliphatic carbocycles. The molecule has 0 fully saturated rings. The second-order valence-electron chi connectivity index (χ2n) is 29.1. The summed E-state index contributed by atoms with van der Waals surface area (Å²) < 4.78 is 34.4. The van der Waals surface area contributed by atoms with Crippen molar-refractivity contribution in [1.82, 2.24) is 0 Å². The molecule has 10 heteroatoms. The van der Waals surface area contributed by atoms with Crippen LogP contribution >= 0.6 is 7.82 Å². The van der Waals surface area contributed by atoms with Crippen LogP contribution in [0, 0.1) is 0 Å². The Morgan fingerprint density at radius 2 is 0.600 bits per heavy atom. The number of phosphoric ester groups is 1. The van der Waals surface area contributed by atoms with Gasteiger partial charge < -0.3 is 27.9 Å². The summed E-state index contributed by atoms with van der Waals surface area (Å²) in [5.74, 6) is -0.819. The van der Waals surface area contributed by atoms with Crippen LogP contribution in [-0.4, -0.2) is 70.0 Å². The molecular weight excluding hydrogens is 1190 g/mol. The normalized spacial score (nSPS) is 13.4. The summed E-state index contributed by atoms with van der Waals surface area (Å²) in [6.45, 7) is 4.19. The number of quaternary nitrogens is 1. The lowest BCUT2D eigenvalue weighted by atomic mass is 10.0. The minimum absolute atomic E-state index is 0.0314. The Kier molecular flexibility index (Phi) is 73.6. The Labute approximate surface area is 590 Å². The van der Waals surface area contributed by atoms with Gasteiger partial charge in [0.05, 0.1) is 27.7 Å². The van der Waals surface area contributed by atoms with Gasteiger partial charge in [-0.15, -0.1) is 0 Å². The number of unbranched alkanes of at least 4 members (excludes halogenated alkanes) is 51. The molecule has 0 rings (SSSR count). The first kappa shape index (κ1) is 92.4. The molecule has 0 aromatic heterocycles. The maximum absolute atomic E-state index is 12.9. The zero-order valence-electron chi connectivity index (χ0n) is 63.6. The number of hydrogen-bond donors (Lipinski definition) is 0. The van der Waals surface area contributed by atoms with E-state index >= 15 is 0 Å². The lowest BCUT2D eigenvalue weighted by Crippen LogP contribution is -2.37. The van der Waals surface area contributed by atoms with Gasteiger partial charge in [0.15, 0.2) is 6.10 Å². The molecule has 0 N–H and O–H groups in total. The van der Waals surface area contributed by atoms with Gasteiger partial charge in [-0.25, -0.2) is 0 Å².